The van der Waals surface area contributed by atoms with Crippen LogP contribution in [0.3, 0.4) is 0 Å². The van der Waals surface area contributed by atoms with E-state index in [1.807, 2.05) is 56.1 Å². The normalized spacial score (nSPS) is 17.9. The highest BCUT2D eigenvalue weighted by Gasteiger charge is 2.36. The fourth-order valence-electron chi connectivity index (χ4n) is 4.78. The minimum absolute atomic E-state index is 0.00920. The Labute approximate surface area is 268 Å². The summed E-state index contributed by atoms with van der Waals surface area (Å²) in [6.45, 7) is 7.83. The van der Waals surface area contributed by atoms with Gasteiger partial charge in [0.25, 0.3) is 0 Å². The molecule has 2 atom stereocenters. The number of aliphatic hydroxyl groups excluding tert-OH is 1. The number of methoxy groups -OCH3 is 2. The summed E-state index contributed by atoms with van der Waals surface area (Å²) in [4.78, 5) is 15.9. The number of nitrogens with one attached hydrogen (secondary N) is 1. The van der Waals surface area contributed by atoms with Gasteiger partial charge < -0.3 is 24.8 Å². The van der Waals surface area contributed by atoms with Crippen LogP contribution in [0.25, 0.3) is 0 Å². The number of ether oxygens (including phenoxy) is 2. The second-order valence-electron chi connectivity index (χ2n) is 10.8. The van der Waals surface area contributed by atoms with E-state index in [1.54, 1.807) is 21.3 Å². The SMILES string of the molecule is CC.CC(CO)NC1CCN(CC(=O)N(C)CCCc2cc(C(F)(F)F)cc(C(F)(F)F)c2)CC1.COC1=CC=CC=CC1OC. The number of hydrogen-bond donors (Lipinski definition) is 2. The first-order valence-corrected chi connectivity index (χ1v) is 15.4. The van der Waals surface area contributed by atoms with Crippen molar-refractivity contribution in [1.82, 2.24) is 15.1 Å². The average Bonchev–Trinajstić information content (AvgIpc) is 3.27. The Morgan fingerprint density at radius 1 is 1.02 bits per heavy atom. The number of aliphatic hydroxyl groups is 1. The van der Waals surface area contributed by atoms with Crippen molar-refractivity contribution >= 4 is 5.91 Å². The van der Waals surface area contributed by atoms with Gasteiger partial charge in [-0.15, -0.1) is 0 Å². The first-order chi connectivity index (χ1) is 21.7. The van der Waals surface area contributed by atoms with Crippen molar-refractivity contribution in [2.45, 2.75) is 77.0 Å². The molecule has 7 nitrogen and oxygen atoms in total. The minimum Gasteiger partial charge on any atom is -0.498 e. The monoisotopic (exact) mass is 665 g/mol. The predicted octanol–water partition coefficient (Wildman–Crippen LogP) is 6.23. The van der Waals surface area contributed by atoms with Crippen LogP contribution in [-0.4, -0.2) is 93.1 Å². The summed E-state index contributed by atoms with van der Waals surface area (Å²) in [6, 6.07) is 1.87. The maximum absolute atomic E-state index is 13.0. The van der Waals surface area contributed by atoms with Crippen molar-refractivity contribution in [3.8, 4) is 0 Å². The molecule has 0 bridgehead atoms. The highest BCUT2D eigenvalue weighted by atomic mass is 19.4. The Kier molecular flexibility index (Phi) is 18.2. The molecule has 46 heavy (non-hydrogen) atoms. The van der Waals surface area contributed by atoms with Crippen molar-refractivity contribution in [1.29, 1.82) is 0 Å². The molecule has 2 unspecified atom stereocenters. The lowest BCUT2D eigenvalue weighted by Crippen LogP contribution is -2.48. The summed E-state index contributed by atoms with van der Waals surface area (Å²) in [5.41, 5.74) is -2.73. The number of amides is 1. The number of halogens is 6. The van der Waals surface area contributed by atoms with E-state index in [4.69, 9.17) is 14.6 Å². The Balaban J connectivity index is 0.000000679. The number of carbonyl (C=O) groups excluding carboxylic acids is 1. The number of allylic oxidation sites excluding steroid dienone is 4. The van der Waals surface area contributed by atoms with E-state index in [-0.39, 0.29) is 68.3 Å². The van der Waals surface area contributed by atoms with Crippen LogP contribution in [0.15, 0.2) is 54.3 Å². The van der Waals surface area contributed by atoms with Crippen molar-refractivity contribution in [3.63, 3.8) is 0 Å². The summed E-state index contributed by atoms with van der Waals surface area (Å²) < 4.78 is 88.1. The van der Waals surface area contributed by atoms with Gasteiger partial charge >= 0.3 is 12.4 Å². The van der Waals surface area contributed by atoms with Gasteiger partial charge in [-0.1, -0.05) is 32.1 Å². The molecule has 3 rings (SSSR count). The molecule has 2 N–H and O–H groups in total. The van der Waals surface area contributed by atoms with Crippen LogP contribution in [0, 0.1) is 0 Å². The zero-order valence-electron chi connectivity index (χ0n) is 27.5. The minimum atomic E-state index is -4.87. The number of carbonyl (C=O) groups is 1. The molecule has 2 aliphatic rings. The zero-order valence-corrected chi connectivity index (χ0v) is 27.5. The zero-order chi connectivity index (χ0) is 34.9. The third-order valence-electron chi connectivity index (χ3n) is 7.31. The molecule has 1 aromatic rings. The van der Waals surface area contributed by atoms with Gasteiger partial charge in [-0.25, -0.2) is 0 Å². The highest BCUT2D eigenvalue weighted by Crippen LogP contribution is 2.36. The summed E-state index contributed by atoms with van der Waals surface area (Å²) in [5, 5.41) is 12.4. The molecule has 13 heteroatoms. The number of nitrogens with zero attached hydrogens (tertiary/aromatic N) is 2. The molecule has 1 heterocycles. The maximum Gasteiger partial charge on any atom is 0.416 e. The van der Waals surface area contributed by atoms with Crippen LogP contribution in [-0.2, 0) is 33.0 Å². The number of alkyl halides is 6. The van der Waals surface area contributed by atoms with E-state index in [9.17, 15) is 31.1 Å². The first kappa shape index (κ1) is 41.2. The number of aryl methyl sites for hydroxylation is 1. The van der Waals surface area contributed by atoms with E-state index in [2.05, 4.69) is 5.32 Å². The van der Waals surface area contributed by atoms with Crippen LogP contribution in [0.5, 0.6) is 0 Å². The van der Waals surface area contributed by atoms with Crippen LogP contribution in [0.2, 0.25) is 0 Å². The van der Waals surface area contributed by atoms with Crippen molar-refractivity contribution in [3.05, 3.63) is 71.0 Å². The molecule has 1 aliphatic heterocycles. The van der Waals surface area contributed by atoms with Gasteiger partial charge in [-0.2, -0.15) is 26.3 Å². The second kappa shape index (κ2) is 20.4. The number of likely N-dealkylation sites (tertiary alicyclic amines) is 1. The topological polar surface area (TPSA) is 74.3 Å². The molecule has 1 aliphatic carbocycles. The van der Waals surface area contributed by atoms with Gasteiger partial charge in [0.2, 0.25) is 5.91 Å². The van der Waals surface area contributed by atoms with Crippen LogP contribution in [0.4, 0.5) is 26.3 Å². The Bertz CT molecular complexity index is 1100. The standard InChI is InChI=1S/C22H31F6N3O2.C9H12O2.C2H6/c1-15(14-32)29-19-5-8-31(9-6-19)13-20(33)30(2)7-3-4-16-10-17(21(23,24)25)12-18(11-16)22(26,27)28;1-10-8-6-4-3-5-7-9(8)11-2;1-2/h10-12,15,19,29,32H,3-9,13-14H2,1-2H3;3-8H,1-2H3;1-2H3. The average molecular weight is 666 g/mol. The van der Waals surface area contributed by atoms with Crippen molar-refractivity contribution in [2.75, 3.05) is 54.1 Å². The fraction of sp³-hybridized carbons (Fsp3) is 0.606. The molecule has 1 saturated heterocycles. The van der Waals surface area contributed by atoms with E-state index in [0.717, 1.165) is 43.8 Å². The molecular formula is C33H49F6N3O4. The summed E-state index contributed by atoms with van der Waals surface area (Å²) in [7, 11) is 4.88. The Morgan fingerprint density at radius 3 is 2.11 bits per heavy atom. The smallest absolute Gasteiger partial charge is 0.416 e. The molecule has 0 radical (unpaired) electrons. The summed E-state index contributed by atoms with van der Waals surface area (Å²) >= 11 is 0. The second-order valence-corrected chi connectivity index (χ2v) is 10.8. The van der Waals surface area contributed by atoms with E-state index in [1.165, 1.54) is 4.90 Å². The van der Waals surface area contributed by atoms with Gasteiger partial charge in [0.15, 0.2) is 0 Å². The van der Waals surface area contributed by atoms with E-state index >= 15 is 0 Å². The van der Waals surface area contributed by atoms with Gasteiger partial charge in [-0.05, 0) is 68.5 Å². The van der Waals surface area contributed by atoms with Crippen LogP contribution in [0.1, 0.15) is 56.7 Å². The largest absolute Gasteiger partial charge is 0.498 e. The number of likely N-dealkylation sites (N-methyl/N-ethyl adjacent to an activating group) is 1. The van der Waals surface area contributed by atoms with Crippen LogP contribution >= 0.6 is 0 Å². The van der Waals surface area contributed by atoms with Gasteiger partial charge in [0.05, 0.1) is 31.4 Å². The summed E-state index contributed by atoms with van der Waals surface area (Å²) in [5.74, 6) is 0.683. The Hall–Kier alpha value is -2.87. The quantitative estimate of drug-likeness (QED) is 0.273. The lowest BCUT2D eigenvalue weighted by molar-refractivity contribution is -0.143. The first-order valence-electron chi connectivity index (χ1n) is 15.4. The molecule has 1 aromatic carbocycles. The van der Waals surface area contributed by atoms with Gasteiger partial charge in [-0.3, -0.25) is 9.69 Å². The lowest BCUT2D eigenvalue weighted by atomic mass is 10.0. The highest BCUT2D eigenvalue weighted by molar-refractivity contribution is 5.78. The Morgan fingerprint density at radius 2 is 1.61 bits per heavy atom. The van der Waals surface area contributed by atoms with Crippen LogP contribution < -0.4 is 5.32 Å². The molecular weight excluding hydrogens is 616 g/mol. The van der Waals surface area contributed by atoms with Crippen molar-refractivity contribution < 1.29 is 45.7 Å². The lowest BCUT2D eigenvalue weighted by Gasteiger charge is -2.34. The van der Waals surface area contributed by atoms with Gasteiger partial charge in [0.1, 0.15) is 11.9 Å². The number of benzene rings is 1. The molecule has 262 valence electrons. The summed E-state index contributed by atoms with van der Waals surface area (Å²) in [6.07, 6.45) is 1.78. The number of hydrogen-bond acceptors (Lipinski definition) is 6. The molecule has 0 spiro atoms. The van der Waals surface area contributed by atoms with Gasteiger partial charge in [0, 0.05) is 45.9 Å². The molecule has 0 aromatic heterocycles. The molecule has 1 amide bonds. The van der Waals surface area contributed by atoms with E-state index < -0.39 is 23.5 Å². The number of rotatable bonds is 11. The molecule has 0 saturated carbocycles. The number of piperidine rings is 1. The maximum atomic E-state index is 13.0. The predicted molar refractivity (Wildman–Crippen MR) is 167 cm³/mol. The fourth-order valence-corrected chi connectivity index (χ4v) is 4.78. The van der Waals surface area contributed by atoms with Crippen molar-refractivity contribution in [2.24, 2.45) is 0 Å². The molecule has 1 fully saturated rings. The van der Waals surface area contributed by atoms with E-state index in [0.29, 0.717) is 0 Å². The third kappa shape index (κ3) is 14.7. The third-order valence-corrected chi connectivity index (χ3v) is 7.31.